The van der Waals surface area contributed by atoms with Crippen LogP contribution in [0.1, 0.15) is 26.2 Å². The Bertz CT molecular complexity index is 480. The summed E-state index contributed by atoms with van der Waals surface area (Å²) in [5, 5.41) is 6.44. The molecule has 0 aromatic carbocycles. The molecule has 1 saturated carbocycles. The van der Waals surface area contributed by atoms with Gasteiger partial charge in [-0.15, -0.1) is 24.0 Å². The molecule has 0 aromatic rings. The van der Waals surface area contributed by atoms with Crippen LogP contribution in [0.4, 0.5) is 0 Å². The number of guanidine groups is 1. The van der Waals surface area contributed by atoms with E-state index in [-0.39, 0.29) is 29.9 Å². The van der Waals surface area contributed by atoms with Gasteiger partial charge in [0.1, 0.15) is 0 Å². The molecule has 1 saturated heterocycles. The topological polar surface area (TPSA) is 78.4 Å². The second-order valence-corrected chi connectivity index (χ2v) is 7.45. The summed E-state index contributed by atoms with van der Waals surface area (Å²) >= 11 is 0. The van der Waals surface area contributed by atoms with Gasteiger partial charge in [-0.25, -0.2) is 0 Å². The maximum atomic E-state index is 11.9. The lowest BCUT2D eigenvalue weighted by molar-refractivity contribution is -0.122. The van der Waals surface area contributed by atoms with Crippen molar-refractivity contribution in [2.24, 2.45) is 10.4 Å². The predicted molar refractivity (Wildman–Crippen MR) is 122 cm³/mol. The number of nitrogens with one attached hydrogen (secondary N) is 2. The van der Waals surface area contributed by atoms with Crippen LogP contribution in [-0.4, -0.2) is 101 Å². The van der Waals surface area contributed by atoms with Gasteiger partial charge in [-0.05, 0) is 31.6 Å². The van der Waals surface area contributed by atoms with Crippen LogP contribution in [0.15, 0.2) is 4.99 Å². The molecule has 28 heavy (non-hydrogen) atoms. The highest BCUT2D eigenvalue weighted by atomic mass is 127. The van der Waals surface area contributed by atoms with E-state index >= 15 is 0 Å². The lowest BCUT2D eigenvalue weighted by Gasteiger charge is -2.36. The molecule has 0 aromatic heterocycles. The first kappa shape index (κ1) is 25.4. The largest absolute Gasteiger partial charge is 0.383 e. The molecule has 8 nitrogen and oxygen atoms in total. The fraction of sp³-hybridized carbons (Fsp3) is 0.895. The second-order valence-electron chi connectivity index (χ2n) is 7.45. The highest BCUT2D eigenvalue weighted by Crippen LogP contribution is 2.48. The first-order chi connectivity index (χ1) is 13.1. The molecule has 0 atom stereocenters. The lowest BCUT2D eigenvalue weighted by atomic mass is 10.0. The molecule has 9 heteroatoms. The van der Waals surface area contributed by atoms with Crippen LogP contribution >= 0.6 is 24.0 Å². The van der Waals surface area contributed by atoms with E-state index < -0.39 is 0 Å². The summed E-state index contributed by atoms with van der Waals surface area (Å²) in [7, 11) is 3.48. The van der Waals surface area contributed by atoms with Gasteiger partial charge in [-0.3, -0.25) is 14.7 Å². The maximum absolute atomic E-state index is 11.9. The average molecular weight is 511 g/mol. The Labute approximate surface area is 186 Å². The predicted octanol–water partition coefficient (Wildman–Crippen LogP) is 0.767. The van der Waals surface area contributed by atoms with Gasteiger partial charge >= 0.3 is 0 Å². The van der Waals surface area contributed by atoms with E-state index in [0.717, 1.165) is 58.3 Å². The molecule has 164 valence electrons. The van der Waals surface area contributed by atoms with Gasteiger partial charge < -0.3 is 25.0 Å². The van der Waals surface area contributed by atoms with Gasteiger partial charge in [0.05, 0.1) is 13.2 Å². The molecule has 1 heterocycles. The van der Waals surface area contributed by atoms with Crippen molar-refractivity contribution in [1.29, 1.82) is 0 Å². The van der Waals surface area contributed by atoms with E-state index in [0.29, 0.717) is 25.1 Å². The van der Waals surface area contributed by atoms with Gasteiger partial charge in [0.25, 0.3) is 0 Å². The van der Waals surface area contributed by atoms with Crippen LogP contribution in [0.25, 0.3) is 0 Å². The van der Waals surface area contributed by atoms with Crippen molar-refractivity contribution in [1.82, 2.24) is 20.4 Å². The Morgan fingerprint density at radius 2 is 1.86 bits per heavy atom. The van der Waals surface area contributed by atoms with Crippen molar-refractivity contribution in [3.05, 3.63) is 0 Å². The van der Waals surface area contributed by atoms with E-state index in [4.69, 9.17) is 9.47 Å². The SMILES string of the molecule is CCOCCC1(CNC(=NC)N2CCN(CC(=O)NCCOC)CC2)CC1.I. The van der Waals surface area contributed by atoms with E-state index in [1.807, 2.05) is 14.0 Å². The molecule has 2 fully saturated rings. The first-order valence-electron chi connectivity index (χ1n) is 10.1. The highest BCUT2D eigenvalue weighted by Gasteiger charge is 2.42. The molecule has 1 aliphatic carbocycles. The zero-order chi connectivity index (χ0) is 19.5. The fourth-order valence-electron chi connectivity index (χ4n) is 3.39. The number of rotatable bonds is 11. The molecular formula is C19H38IN5O3. The van der Waals surface area contributed by atoms with Crippen molar-refractivity contribution in [2.75, 3.05) is 79.8 Å². The van der Waals surface area contributed by atoms with E-state index in [1.165, 1.54) is 12.8 Å². The molecule has 0 radical (unpaired) electrons. The molecule has 0 unspecified atom stereocenters. The summed E-state index contributed by atoms with van der Waals surface area (Å²) in [6.45, 7) is 9.73. The zero-order valence-corrected chi connectivity index (χ0v) is 20.0. The number of carbonyl (C=O) groups excluding carboxylic acids is 1. The number of ether oxygens (including phenoxy) is 2. The van der Waals surface area contributed by atoms with Crippen LogP contribution in [0.3, 0.4) is 0 Å². The summed E-state index contributed by atoms with van der Waals surface area (Å²) in [4.78, 5) is 20.9. The van der Waals surface area contributed by atoms with Crippen molar-refractivity contribution in [3.8, 4) is 0 Å². The number of hydrogen-bond donors (Lipinski definition) is 2. The minimum atomic E-state index is 0. The summed E-state index contributed by atoms with van der Waals surface area (Å²) in [6.07, 6.45) is 3.67. The zero-order valence-electron chi connectivity index (χ0n) is 17.7. The third kappa shape index (κ3) is 8.79. The number of aliphatic imine (C=N–C) groups is 1. The lowest BCUT2D eigenvalue weighted by Crippen LogP contribution is -2.54. The highest BCUT2D eigenvalue weighted by molar-refractivity contribution is 14.0. The number of nitrogens with zero attached hydrogens (tertiary/aromatic N) is 3. The smallest absolute Gasteiger partial charge is 0.234 e. The Balaban J connectivity index is 0.00000392. The second kappa shape index (κ2) is 13.6. The van der Waals surface area contributed by atoms with E-state index in [9.17, 15) is 4.79 Å². The van der Waals surface area contributed by atoms with Crippen LogP contribution in [-0.2, 0) is 14.3 Å². The van der Waals surface area contributed by atoms with Crippen LogP contribution in [0.2, 0.25) is 0 Å². The maximum Gasteiger partial charge on any atom is 0.234 e. The van der Waals surface area contributed by atoms with Gasteiger partial charge in [0.15, 0.2) is 5.96 Å². The van der Waals surface area contributed by atoms with Crippen molar-refractivity contribution >= 4 is 35.8 Å². The monoisotopic (exact) mass is 511 g/mol. The number of halogens is 1. The summed E-state index contributed by atoms with van der Waals surface area (Å²) in [6, 6.07) is 0. The minimum Gasteiger partial charge on any atom is -0.383 e. The Morgan fingerprint density at radius 1 is 1.14 bits per heavy atom. The molecule has 1 amide bonds. The fourth-order valence-corrected chi connectivity index (χ4v) is 3.39. The number of hydrogen-bond acceptors (Lipinski definition) is 5. The van der Waals surface area contributed by atoms with Gasteiger partial charge in [-0.1, -0.05) is 0 Å². The standard InChI is InChI=1S/C19H37N5O3.HI/c1-4-27-13-7-19(5-6-19)16-22-18(20-2)24-11-9-23(10-12-24)15-17(25)21-8-14-26-3;/h4-16H2,1-3H3,(H,20,22)(H,21,25);1H. The number of piperazine rings is 1. The molecule has 0 spiro atoms. The van der Waals surface area contributed by atoms with Gasteiger partial charge in [0.2, 0.25) is 5.91 Å². The number of methoxy groups -OCH3 is 1. The molecule has 2 N–H and O–H groups in total. The van der Waals surface area contributed by atoms with Crippen molar-refractivity contribution < 1.29 is 14.3 Å². The van der Waals surface area contributed by atoms with Gasteiger partial charge in [0, 0.05) is 66.6 Å². The molecule has 2 aliphatic rings. The normalized spacial score (nSPS) is 19.1. The average Bonchev–Trinajstić information content (AvgIpc) is 3.44. The number of amides is 1. The van der Waals surface area contributed by atoms with Crippen LogP contribution in [0.5, 0.6) is 0 Å². The number of carbonyl (C=O) groups is 1. The van der Waals surface area contributed by atoms with Crippen molar-refractivity contribution in [2.45, 2.75) is 26.2 Å². The van der Waals surface area contributed by atoms with Crippen LogP contribution < -0.4 is 10.6 Å². The summed E-state index contributed by atoms with van der Waals surface area (Å²) < 4.78 is 10.5. The Hall–Kier alpha value is -0.650. The molecule has 1 aliphatic heterocycles. The third-order valence-electron chi connectivity index (χ3n) is 5.44. The van der Waals surface area contributed by atoms with Crippen LogP contribution in [0, 0.1) is 5.41 Å². The summed E-state index contributed by atoms with van der Waals surface area (Å²) in [5.41, 5.74) is 0.396. The molecular weight excluding hydrogens is 473 g/mol. The molecule has 2 rings (SSSR count). The molecule has 0 bridgehead atoms. The van der Waals surface area contributed by atoms with E-state index in [2.05, 4.69) is 25.4 Å². The third-order valence-corrected chi connectivity index (χ3v) is 5.44. The quantitative estimate of drug-likeness (QED) is 0.185. The Morgan fingerprint density at radius 3 is 2.43 bits per heavy atom. The van der Waals surface area contributed by atoms with E-state index in [1.54, 1.807) is 7.11 Å². The first-order valence-corrected chi connectivity index (χ1v) is 10.1. The minimum absolute atomic E-state index is 0. The summed E-state index contributed by atoms with van der Waals surface area (Å²) in [5.74, 6) is 1.04. The van der Waals surface area contributed by atoms with Crippen molar-refractivity contribution in [3.63, 3.8) is 0 Å². The Kier molecular flexibility index (Phi) is 12.3. The van der Waals surface area contributed by atoms with Gasteiger partial charge in [-0.2, -0.15) is 0 Å².